The van der Waals surface area contributed by atoms with Gasteiger partial charge in [0.2, 0.25) is 21.8 Å². The van der Waals surface area contributed by atoms with E-state index in [1.165, 1.54) is 51.5 Å². The highest BCUT2D eigenvalue weighted by atomic mass is 32.2. The van der Waals surface area contributed by atoms with Crippen molar-refractivity contribution < 1.29 is 27.1 Å². The van der Waals surface area contributed by atoms with E-state index in [1.807, 2.05) is 0 Å². The second-order valence-electron chi connectivity index (χ2n) is 6.68. The molecule has 154 valence electrons. The molecule has 0 radical (unpaired) electrons. The van der Waals surface area contributed by atoms with Gasteiger partial charge in [-0.25, -0.2) is 17.1 Å². The molecule has 0 saturated carbocycles. The van der Waals surface area contributed by atoms with Crippen molar-refractivity contribution in [2.45, 2.75) is 17.2 Å². The van der Waals surface area contributed by atoms with Crippen molar-refractivity contribution in [1.82, 2.24) is 4.31 Å². The normalized spacial score (nSPS) is 16.2. The van der Waals surface area contributed by atoms with Gasteiger partial charge in [0.1, 0.15) is 16.5 Å². The van der Waals surface area contributed by atoms with Crippen LogP contribution in [0.15, 0.2) is 41.3 Å². The molecule has 1 heterocycles. The van der Waals surface area contributed by atoms with E-state index in [0.717, 1.165) is 10.4 Å². The van der Waals surface area contributed by atoms with Gasteiger partial charge in [-0.2, -0.15) is 0 Å². The average Bonchev–Trinajstić information content (AvgIpc) is 2.66. The summed E-state index contributed by atoms with van der Waals surface area (Å²) in [4.78, 5) is 24.7. The fourth-order valence-electron chi connectivity index (χ4n) is 3.05. The Bertz CT molecular complexity index is 1090. The molecule has 0 aromatic heterocycles. The lowest BCUT2D eigenvalue weighted by molar-refractivity contribution is -0.123. The van der Waals surface area contributed by atoms with Gasteiger partial charge in [0.05, 0.1) is 13.0 Å². The SMILES string of the molecule is COc1ccc(NC(=O)[C@H]2CC(=O)Nc3cc(F)ccc32)cc1S(=O)(=O)N(C)C. The number of rotatable bonds is 5. The number of ether oxygens (including phenoxy) is 1. The van der Waals surface area contributed by atoms with Crippen molar-refractivity contribution in [2.75, 3.05) is 31.8 Å². The number of nitrogens with zero attached hydrogens (tertiary/aromatic N) is 1. The summed E-state index contributed by atoms with van der Waals surface area (Å²) in [6.45, 7) is 0. The number of hydrogen-bond donors (Lipinski definition) is 2. The maximum atomic E-state index is 13.5. The standard InChI is InChI=1S/C19H20FN3O5S/c1-23(2)29(26,27)17-9-12(5-7-16(17)28-3)21-19(25)14-10-18(24)22-15-8-11(20)4-6-13(14)15/h4-9,14H,10H2,1-3H3,(H,21,25)(H,22,24)/t14-/m0/s1. The molecule has 3 rings (SSSR count). The number of sulfonamides is 1. The molecular weight excluding hydrogens is 401 g/mol. The Kier molecular flexibility index (Phi) is 5.58. The van der Waals surface area contributed by atoms with Crippen LogP contribution in [-0.2, 0) is 19.6 Å². The molecule has 0 aliphatic carbocycles. The van der Waals surface area contributed by atoms with Crippen molar-refractivity contribution in [3.63, 3.8) is 0 Å². The van der Waals surface area contributed by atoms with Crippen LogP contribution in [0.4, 0.5) is 15.8 Å². The minimum Gasteiger partial charge on any atom is -0.495 e. The number of hydrogen-bond acceptors (Lipinski definition) is 5. The molecule has 1 atom stereocenters. The lowest BCUT2D eigenvalue weighted by Crippen LogP contribution is -2.31. The molecule has 2 amide bonds. The maximum Gasteiger partial charge on any atom is 0.246 e. The van der Waals surface area contributed by atoms with Gasteiger partial charge in [-0.15, -0.1) is 0 Å². The Morgan fingerprint density at radius 1 is 1.24 bits per heavy atom. The number of nitrogens with one attached hydrogen (secondary N) is 2. The Hall–Kier alpha value is -2.98. The summed E-state index contributed by atoms with van der Waals surface area (Å²) in [5.41, 5.74) is 0.955. The molecule has 0 unspecified atom stereocenters. The number of amides is 2. The minimum absolute atomic E-state index is 0.105. The third-order valence-corrected chi connectivity index (χ3v) is 6.40. The molecule has 29 heavy (non-hydrogen) atoms. The highest BCUT2D eigenvalue weighted by molar-refractivity contribution is 7.89. The molecule has 0 saturated heterocycles. The Balaban J connectivity index is 1.93. The Morgan fingerprint density at radius 2 is 1.97 bits per heavy atom. The van der Waals surface area contributed by atoms with E-state index < -0.39 is 33.6 Å². The lowest BCUT2D eigenvalue weighted by Gasteiger charge is -2.25. The van der Waals surface area contributed by atoms with Gasteiger partial charge in [0.15, 0.2) is 0 Å². The molecule has 10 heteroatoms. The first-order chi connectivity index (χ1) is 13.6. The topological polar surface area (TPSA) is 105 Å². The quantitative estimate of drug-likeness (QED) is 0.770. The molecule has 1 aliphatic heterocycles. The highest BCUT2D eigenvalue weighted by Crippen LogP contribution is 2.34. The predicted octanol–water partition coefficient (Wildman–Crippen LogP) is 2.15. The van der Waals surface area contributed by atoms with Crippen LogP contribution in [0.25, 0.3) is 0 Å². The number of methoxy groups -OCH3 is 1. The van der Waals surface area contributed by atoms with Crippen LogP contribution in [-0.4, -0.2) is 45.7 Å². The van der Waals surface area contributed by atoms with E-state index >= 15 is 0 Å². The summed E-state index contributed by atoms with van der Waals surface area (Å²) in [5, 5.41) is 5.18. The van der Waals surface area contributed by atoms with Crippen molar-refractivity contribution in [3.8, 4) is 5.75 Å². The Morgan fingerprint density at radius 3 is 2.62 bits per heavy atom. The second kappa shape index (κ2) is 7.80. The predicted molar refractivity (Wildman–Crippen MR) is 105 cm³/mol. The number of carbonyl (C=O) groups is 2. The summed E-state index contributed by atoms with van der Waals surface area (Å²) in [7, 11) is 0.304. The number of fused-ring (bicyclic) bond motifs is 1. The summed E-state index contributed by atoms with van der Waals surface area (Å²) in [5.74, 6) is -2.15. The van der Waals surface area contributed by atoms with E-state index in [-0.39, 0.29) is 28.4 Å². The molecule has 1 aliphatic rings. The number of carbonyl (C=O) groups excluding carboxylic acids is 2. The smallest absolute Gasteiger partial charge is 0.246 e. The monoisotopic (exact) mass is 421 g/mol. The first kappa shape index (κ1) is 20.7. The van der Waals surface area contributed by atoms with Gasteiger partial charge in [-0.1, -0.05) is 6.07 Å². The summed E-state index contributed by atoms with van der Waals surface area (Å²) in [6.07, 6.45) is -0.108. The first-order valence-electron chi connectivity index (χ1n) is 8.64. The number of anilines is 2. The average molecular weight is 421 g/mol. The largest absolute Gasteiger partial charge is 0.495 e. The van der Waals surface area contributed by atoms with Crippen molar-refractivity contribution >= 4 is 33.2 Å². The fraction of sp³-hybridized carbons (Fsp3) is 0.263. The zero-order valence-corrected chi connectivity index (χ0v) is 16.8. The molecule has 2 aromatic carbocycles. The van der Waals surface area contributed by atoms with Gasteiger partial charge in [-0.3, -0.25) is 9.59 Å². The van der Waals surface area contributed by atoms with Crippen LogP contribution in [0, 0.1) is 5.82 Å². The van der Waals surface area contributed by atoms with Crippen molar-refractivity contribution in [2.24, 2.45) is 0 Å². The zero-order valence-electron chi connectivity index (χ0n) is 16.0. The van der Waals surface area contributed by atoms with E-state index in [0.29, 0.717) is 5.56 Å². The van der Waals surface area contributed by atoms with Gasteiger partial charge in [-0.05, 0) is 35.9 Å². The summed E-state index contributed by atoms with van der Waals surface area (Å²) >= 11 is 0. The summed E-state index contributed by atoms with van der Waals surface area (Å²) in [6, 6.07) is 8.04. The highest BCUT2D eigenvalue weighted by Gasteiger charge is 2.31. The molecule has 0 bridgehead atoms. The molecule has 2 N–H and O–H groups in total. The van der Waals surface area contributed by atoms with Gasteiger partial charge >= 0.3 is 0 Å². The fourth-order valence-corrected chi connectivity index (χ4v) is 4.13. The minimum atomic E-state index is -3.81. The van der Waals surface area contributed by atoms with Crippen LogP contribution < -0.4 is 15.4 Å². The van der Waals surface area contributed by atoms with E-state index in [2.05, 4.69) is 10.6 Å². The van der Waals surface area contributed by atoms with Crippen LogP contribution in [0.3, 0.4) is 0 Å². The van der Waals surface area contributed by atoms with Gasteiger partial charge in [0, 0.05) is 31.9 Å². The van der Waals surface area contributed by atoms with Crippen LogP contribution in [0.5, 0.6) is 5.75 Å². The number of halogens is 1. The maximum absolute atomic E-state index is 13.5. The van der Waals surface area contributed by atoms with E-state index in [1.54, 1.807) is 0 Å². The van der Waals surface area contributed by atoms with E-state index in [9.17, 15) is 22.4 Å². The van der Waals surface area contributed by atoms with Crippen molar-refractivity contribution in [1.29, 1.82) is 0 Å². The second-order valence-corrected chi connectivity index (χ2v) is 8.80. The lowest BCUT2D eigenvalue weighted by atomic mass is 9.89. The molecular formula is C19H20FN3O5S. The van der Waals surface area contributed by atoms with Crippen LogP contribution in [0.1, 0.15) is 17.9 Å². The van der Waals surface area contributed by atoms with Crippen LogP contribution >= 0.6 is 0 Å². The number of benzene rings is 2. The third kappa shape index (κ3) is 4.08. The third-order valence-electron chi connectivity index (χ3n) is 4.56. The molecule has 2 aromatic rings. The van der Waals surface area contributed by atoms with Gasteiger partial charge < -0.3 is 15.4 Å². The first-order valence-corrected chi connectivity index (χ1v) is 10.1. The van der Waals surface area contributed by atoms with Crippen molar-refractivity contribution in [3.05, 3.63) is 47.8 Å². The molecule has 0 fully saturated rings. The van der Waals surface area contributed by atoms with Crippen LogP contribution in [0.2, 0.25) is 0 Å². The zero-order chi connectivity index (χ0) is 21.3. The van der Waals surface area contributed by atoms with E-state index in [4.69, 9.17) is 4.74 Å². The Labute approximate surface area is 167 Å². The van der Waals surface area contributed by atoms with Gasteiger partial charge in [0.25, 0.3) is 0 Å². The summed E-state index contributed by atoms with van der Waals surface area (Å²) < 4.78 is 44.7. The molecule has 8 nitrogen and oxygen atoms in total. The molecule has 0 spiro atoms.